The van der Waals surface area contributed by atoms with Crippen LogP contribution in [0.25, 0.3) is 0 Å². The van der Waals surface area contributed by atoms with Crippen LogP contribution in [0.5, 0.6) is 0 Å². The first-order chi connectivity index (χ1) is 11.3. The summed E-state index contributed by atoms with van der Waals surface area (Å²) in [5.41, 5.74) is 7.51. The summed E-state index contributed by atoms with van der Waals surface area (Å²) in [5.74, 6) is 0.0560. The second-order valence-electron chi connectivity index (χ2n) is 7.62. The molecule has 0 radical (unpaired) electrons. The van der Waals surface area contributed by atoms with Crippen molar-refractivity contribution >= 4 is 17.5 Å². The second-order valence-corrected chi connectivity index (χ2v) is 7.62. The number of hydrogen-bond acceptors (Lipinski definition) is 3. The third-order valence-corrected chi connectivity index (χ3v) is 4.52. The molecular weight excluding hydrogens is 302 g/mol. The number of hydrogen-bond donors (Lipinski definition) is 2. The third kappa shape index (κ3) is 5.06. The van der Waals surface area contributed by atoms with Crippen LogP contribution in [-0.4, -0.2) is 35.8 Å². The summed E-state index contributed by atoms with van der Waals surface area (Å²) < 4.78 is 0. The molecule has 0 unspecified atom stereocenters. The van der Waals surface area contributed by atoms with E-state index in [1.165, 1.54) is 0 Å². The van der Waals surface area contributed by atoms with Gasteiger partial charge >= 0.3 is 0 Å². The van der Waals surface area contributed by atoms with Gasteiger partial charge in [0, 0.05) is 25.2 Å². The van der Waals surface area contributed by atoms with E-state index in [1.54, 1.807) is 0 Å². The van der Waals surface area contributed by atoms with Gasteiger partial charge in [0.15, 0.2) is 0 Å². The minimum absolute atomic E-state index is 0.181. The van der Waals surface area contributed by atoms with Gasteiger partial charge in [0.2, 0.25) is 11.8 Å². The molecule has 0 aromatic heterocycles. The smallest absolute Gasteiger partial charge is 0.241 e. The Labute approximate surface area is 144 Å². The number of likely N-dealkylation sites (tertiary alicyclic amines) is 1. The number of carbonyl (C=O) groups is 2. The molecule has 3 N–H and O–H groups in total. The molecule has 5 heteroatoms. The molecule has 5 nitrogen and oxygen atoms in total. The summed E-state index contributed by atoms with van der Waals surface area (Å²) in [6.45, 7) is 7.63. The van der Waals surface area contributed by atoms with Gasteiger partial charge < -0.3 is 16.0 Å². The number of rotatable bonds is 5. The van der Waals surface area contributed by atoms with Crippen LogP contribution in [0.1, 0.15) is 45.6 Å². The van der Waals surface area contributed by atoms with E-state index in [4.69, 9.17) is 5.73 Å². The Morgan fingerprint density at radius 3 is 2.29 bits per heavy atom. The van der Waals surface area contributed by atoms with Crippen molar-refractivity contribution in [2.45, 2.75) is 52.5 Å². The van der Waals surface area contributed by atoms with Crippen molar-refractivity contribution in [3.8, 4) is 0 Å². The normalized spacial score (nSPS) is 16.1. The highest BCUT2D eigenvalue weighted by atomic mass is 16.2. The van der Waals surface area contributed by atoms with Crippen molar-refractivity contribution < 1.29 is 9.59 Å². The van der Waals surface area contributed by atoms with E-state index in [0.29, 0.717) is 6.42 Å². The Bertz CT molecular complexity index is 569. The van der Waals surface area contributed by atoms with Gasteiger partial charge in [-0.25, -0.2) is 0 Å². The van der Waals surface area contributed by atoms with Crippen LogP contribution in [0.3, 0.4) is 0 Å². The summed E-state index contributed by atoms with van der Waals surface area (Å²) in [5, 5.41) is 2.85. The maximum absolute atomic E-state index is 12.1. The molecule has 0 bridgehead atoms. The summed E-state index contributed by atoms with van der Waals surface area (Å²) in [4.78, 5) is 26.1. The predicted octanol–water partition coefficient (Wildman–Crippen LogP) is 2.55. The van der Waals surface area contributed by atoms with Crippen LogP contribution >= 0.6 is 0 Å². The molecular formula is C19H29N3O2. The van der Waals surface area contributed by atoms with E-state index in [2.05, 4.69) is 5.32 Å². The first-order valence-corrected chi connectivity index (χ1v) is 8.70. The molecule has 1 aromatic rings. The molecule has 2 amide bonds. The first-order valence-electron chi connectivity index (χ1n) is 8.70. The fourth-order valence-corrected chi connectivity index (χ4v) is 2.74. The van der Waals surface area contributed by atoms with E-state index in [0.717, 1.165) is 43.6 Å². The van der Waals surface area contributed by atoms with E-state index >= 15 is 0 Å². The maximum Gasteiger partial charge on any atom is 0.241 e. The van der Waals surface area contributed by atoms with Crippen molar-refractivity contribution in [1.82, 2.24) is 4.90 Å². The topological polar surface area (TPSA) is 75.4 Å². The molecule has 1 atom stereocenters. The van der Waals surface area contributed by atoms with E-state index in [-0.39, 0.29) is 17.2 Å². The van der Waals surface area contributed by atoms with Gasteiger partial charge in [0.25, 0.3) is 0 Å². The van der Waals surface area contributed by atoms with Gasteiger partial charge in [-0.1, -0.05) is 32.9 Å². The monoisotopic (exact) mass is 331 g/mol. The quantitative estimate of drug-likeness (QED) is 0.870. The molecule has 132 valence electrons. The molecule has 1 saturated heterocycles. The lowest BCUT2D eigenvalue weighted by molar-refractivity contribution is -0.130. The maximum atomic E-state index is 12.1. The van der Waals surface area contributed by atoms with Gasteiger partial charge in [-0.05, 0) is 42.4 Å². The van der Waals surface area contributed by atoms with Crippen molar-refractivity contribution in [2.24, 2.45) is 11.1 Å². The molecule has 1 aliphatic heterocycles. The predicted molar refractivity (Wildman–Crippen MR) is 96.6 cm³/mol. The fourth-order valence-electron chi connectivity index (χ4n) is 2.74. The van der Waals surface area contributed by atoms with Crippen molar-refractivity contribution in [3.05, 3.63) is 29.8 Å². The van der Waals surface area contributed by atoms with Gasteiger partial charge in [0.05, 0.1) is 6.04 Å². The summed E-state index contributed by atoms with van der Waals surface area (Å²) >= 11 is 0. The number of benzene rings is 1. The molecule has 2 rings (SSSR count). The molecule has 1 fully saturated rings. The Kier molecular flexibility index (Phi) is 5.99. The zero-order chi connectivity index (χ0) is 17.7. The molecule has 0 saturated carbocycles. The van der Waals surface area contributed by atoms with Gasteiger partial charge in [0.1, 0.15) is 0 Å². The molecule has 1 aromatic carbocycles. The van der Waals surface area contributed by atoms with Gasteiger partial charge in [-0.2, -0.15) is 0 Å². The number of amides is 2. The molecule has 0 spiro atoms. The van der Waals surface area contributed by atoms with E-state index < -0.39 is 6.04 Å². The highest BCUT2D eigenvalue weighted by Crippen LogP contribution is 2.19. The Morgan fingerprint density at radius 2 is 1.75 bits per heavy atom. The van der Waals surface area contributed by atoms with Crippen LogP contribution in [-0.2, 0) is 16.0 Å². The average molecular weight is 331 g/mol. The van der Waals surface area contributed by atoms with Gasteiger partial charge in [-0.3, -0.25) is 9.59 Å². The second kappa shape index (κ2) is 7.79. The number of nitrogens with zero attached hydrogens (tertiary/aromatic N) is 1. The highest BCUT2D eigenvalue weighted by molar-refractivity contribution is 5.95. The largest absolute Gasteiger partial charge is 0.343 e. The van der Waals surface area contributed by atoms with Crippen LogP contribution < -0.4 is 11.1 Å². The molecule has 1 aliphatic rings. The van der Waals surface area contributed by atoms with E-state index in [1.807, 2.05) is 49.9 Å². The minimum Gasteiger partial charge on any atom is -0.343 e. The lowest BCUT2D eigenvalue weighted by Gasteiger charge is -2.25. The number of nitrogens with two attached hydrogens (primary N) is 1. The highest BCUT2D eigenvalue weighted by Gasteiger charge is 2.27. The van der Waals surface area contributed by atoms with Crippen LogP contribution in [0, 0.1) is 5.41 Å². The summed E-state index contributed by atoms with van der Waals surface area (Å²) in [7, 11) is 0. The number of anilines is 1. The first kappa shape index (κ1) is 18.5. The Morgan fingerprint density at radius 1 is 1.17 bits per heavy atom. The number of aryl methyl sites for hydroxylation is 1. The zero-order valence-electron chi connectivity index (χ0n) is 15.0. The SMILES string of the molecule is CC(C)(C)[C@H](N)C(=O)Nc1ccc(CCC(=O)N2CCCC2)cc1. The zero-order valence-corrected chi connectivity index (χ0v) is 15.0. The van der Waals surface area contributed by atoms with Crippen LogP contribution in [0.2, 0.25) is 0 Å². The lowest BCUT2D eigenvalue weighted by Crippen LogP contribution is -2.45. The Balaban J connectivity index is 1.84. The van der Waals surface area contributed by atoms with Gasteiger partial charge in [-0.15, -0.1) is 0 Å². The number of carbonyl (C=O) groups excluding carboxylic acids is 2. The summed E-state index contributed by atoms with van der Waals surface area (Å²) in [6, 6.07) is 7.08. The molecule has 0 aliphatic carbocycles. The number of nitrogens with one attached hydrogen (secondary N) is 1. The third-order valence-electron chi connectivity index (χ3n) is 4.52. The van der Waals surface area contributed by atoms with Crippen LogP contribution in [0.15, 0.2) is 24.3 Å². The Hall–Kier alpha value is -1.88. The van der Waals surface area contributed by atoms with Crippen molar-refractivity contribution in [2.75, 3.05) is 18.4 Å². The van der Waals surface area contributed by atoms with Crippen molar-refractivity contribution in [1.29, 1.82) is 0 Å². The average Bonchev–Trinajstić information content (AvgIpc) is 3.06. The lowest BCUT2D eigenvalue weighted by atomic mass is 9.87. The fraction of sp³-hybridized carbons (Fsp3) is 0.579. The minimum atomic E-state index is -0.560. The molecule has 1 heterocycles. The van der Waals surface area contributed by atoms with E-state index in [9.17, 15) is 9.59 Å². The van der Waals surface area contributed by atoms with Crippen LogP contribution in [0.4, 0.5) is 5.69 Å². The van der Waals surface area contributed by atoms with Crippen molar-refractivity contribution in [3.63, 3.8) is 0 Å². The summed E-state index contributed by atoms with van der Waals surface area (Å²) in [6.07, 6.45) is 3.51. The standard InChI is InChI=1S/C19H29N3O2/c1-19(2,3)17(20)18(24)21-15-9-6-14(7-10-15)8-11-16(23)22-12-4-5-13-22/h6-7,9-10,17H,4-5,8,11-13,20H2,1-3H3,(H,21,24)/t17-/m1/s1. The molecule has 24 heavy (non-hydrogen) atoms.